The number of hydrogen-bond acceptors (Lipinski definition) is 4. The molecule has 2 aromatic carbocycles. The second-order valence-electron chi connectivity index (χ2n) is 6.81. The van der Waals surface area contributed by atoms with E-state index in [0.29, 0.717) is 19.9 Å². The normalized spacial score (nSPS) is 20.5. The van der Waals surface area contributed by atoms with Crippen LogP contribution in [0.15, 0.2) is 60.7 Å². The van der Waals surface area contributed by atoms with Crippen LogP contribution in [0.4, 0.5) is 0 Å². The maximum atomic E-state index is 13.6. The first kappa shape index (κ1) is 16.9. The molecule has 0 saturated carbocycles. The van der Waals surface area contributed by atoms with Crippen molar-refractivity contribution < 1.29 is 14.3 Å². The molecule has 2 aliphatic rings. The minimum atomic E-state index is -0.939. The molecule has 0 radical (unpaired) electrons. The van der Waals surface area contributed by atoms with Gasteiger partial charge in [-0.1, -0.05) is 60.7 Å². The second-order valence-corrected chi connectivity index (χ2v) is 6.81. The lowest BCUT2D eigenvalue weighted by Crippen LogP contribution is -2.48. The Bertz CT molecular complexity index is 746. The number of carbonyl (C=O) groups excluding carboxylic acids is 2. The Kier molecular flexibility index (Phi) is 4.57. The fourth-order valence-electron chi connectivity index (χ4n) is 3.89. The Hall–Kier alpha value is -2.50. The number of benzene rings is 2. The first-order chi connectivity index (χ1) is 12.7. The highest BCUT2D eigenvalue weighted by molar-refractivity contribution is 6.11. The van der Waals surface area contributed by atoms with Gasteiger partial charge in [0.1, 0.15) is 5.41 Å². The number of likely N-dealkylation sites (tertiary alicyclic amines) is 1. The van der Waals surface area contributed by atoms with Crippen LogP contribution in [0.3, 0.4) is 0 Å². The molecule has 4 rings (SSSR count). The zero-order valence-corrected chi connectivity index (χ0v) is 14.6. The fourth-order valence-corrected chi connectivity index (χ4v) is 3.89. The molecule has 2 aromatic rings. The molecule has 5 nitrogen and oxygen atoms in total. The lowest BCUT2D eigenvalue weighted by Gasteiger charge is -2.32. The summed E-state index contributed by atoms with van der Waals surface area (Å²) >= 11 is 0. The Morgan fingerprint density at radius 1 is 0.846 bits per heavy atom. The molecule has 0 aliphatic carbocycles. The third-order valence-electron chi connectivity index (χ3n) is 5.31. The van der Waals surface area contributed by atoms with Gasteiger partial charge < -0.3 is 4.74 Å². The summed E-state index contributed by atoms with van der Waals surface area (Å²) in [6.45, 7) is 3.08. The SMILES string of the molecule is O=C1CC(c2ccccc2)(c2ccccc2)C(=O)N1CN1CCOCC1. The summed E-state index contributed by atoms with van der Waals surface area (Å²) in [6, 6.07) is 19.3. The van der Waals surface area contributed by atoms with Crippen LogP contribution in [-0.2, 0) is 19.7 Å². The van der Waals surface area contributed by atoms with Crippen molar-refractivity contribution in [3.8, 4) is 0 Å². The van der Waals surface area contributed by atoms with E-state index in [1.165, 1.54) is 4.90 Å². The minimum absolute atomic E-state index is 0.116. The average Bonchev–Trinajstić information content (AvgIpc) is 2.96. The van der Waals surface area contributed by atoms with Gasteiger partial charge >= 0.3 is 0 Å². The molecular weight excluding hydrogens is 328 g/mol. The molecule has 134 valence electrons. The number of nitrogens with zero attached hydrogens (tertiary/aromatic N) is 2. The summed E-state index contributed by atoms with van der Waals surface area (Å²) in [4.78, 5) is 30.0. The highest BCUT2D eigenvalue weighted by Gasteiger charge is 2.53. The largest absolute Gasteiger partial charge is 0.379 e. The Morgan fingerprint density at radius 2 is 1.38 bits per heavy atom. The van der Waals surface area contributed by atoms with Crippen LogP contribution in [-0.4, -0.2) is 54.6 Å². The Balaban J connectivity index is 1.73. The van der Waals surface area contributed by atoms with Crippen molar-refractivity contribution in [3.63, 3.8) is 0 Å². The molecule has 0 atom stereocenters. The van der Waals surface area contributed by atoms with Gasteiger partial charge in [-0.2, -0.15) is 0 Å². The summed E-state index contributed by atoms with van der Waals surface area (Å²) in [7, 11) is 0. The molecule has 26 heavy (non-hydrogen) atoms. The first-order valence-corrected chi connectivity index (χ1v) is 8.98. The predicted octanol–water partition coefficient (Wildman–Crippen LogP) is 2.02. The first-order valence-electron chi connectivity index (χ1n) is 8.98. The lowest BCUT2D eigenvalue weighted by molar-refractivity contribution is -0.143. The van der Waals surface area contributed by atoms with E-state index >= 15 is 0 Å². The molecule has 0 unspecified atom stereocenters. The van der Waals surface area contributed by atoms with Crippen molar-refractivity contribution in [2.75, 3.05) is 33.0 Å². The highest BCUT2D eigenvalue weighted by Crippen LogP contribution is 2.42. The number of ether oxygens (including phenoxy) is 1. The van der Waals surface area contributed by atoms with Crippen molar-refractivity contribution in [1.29, 1.82) is 0 Å². The van der Waals surface area contributed by atoms with Crippen molar-refractivity contribution in [2.45, 2.75) is 11.8 Å². The van der Waals surface area contributed by atoms with Crippen LogP contribution in [0.5, 0.6) is 0 Å². The predicted molar refractivity (Wildman–Crippen MR) is 97.4 cm³/mol. The number of carbonyl (C=O) groups is 2. The van der Waals surface area contributed by atoms with Crippen LogP contribution >= 0.6 is 0 Å². The Morgan fingerprint density at radius 3 is 1.92 bits per heavy atom. The fraction of sp³-hybridized carbons (Fsp3) is 0.333. The topological polar surface area (TPSA) is 49.9 Å². The maximum absolute atomic E-state index is 13.6. The molecule has 5 heteroatoms. The summed E-state index contributed by atoms with van der Waals surface area (Å²) < 4.78 is 5.37. The van der Waals surface area contributed by atoms with Gasteiger partial charge in [-0.3, -0.25) is 19.4 Å². The maximum Gasteiger partial charge on any atom is 0.245 e. The molecule has 0 spiro atoms. The van der Waals surface area contributed by atoms with Gasteiger partial charge in [0.15, 0.2) is 0 Å². The number of rotatable bonds is 4. The third-order valence-corrected chi connectivity index (χ3v) is 5.31. The average molecular weight is 350 g/mol. The van der Waals surface area contributed by atoms with E-state index < -0.39 is 5.41 Å². The van der Waals surface area contributed by atoms with Gasteiger partial charge in [0.05, 0.1) is 19.9 Å². The molecule has 2 amide bonds. The van der Waals surface area contributed by atoms with E-state index in [-0.39, 0.29) is 18.2 Å². The molecule has 0 bridgehead atoms. The van der Waals surface area contributed by atoms with Crippen LogP contribution in [0.2, 0.25) is 0 Å². The van der Waals surface area contributed by atoms with Crippen LogP contribution in [0, 0.1) is 0 Å². The van der Waals surface area contributed by atoms with E-state index in [2.05, 4.69) is 4.90 Å². The zero-order chi connectivity index (χ0) is 18.0. The molecule has 2 fully saturated rings. The molecule has 2 heterocycles. The molecular formula is C21H22N2O3. The van der Waals surface area contributed by atoms with Crippen molar-refractivity contribution in [3.05, 3.63) is 71.8 Å². The van der Waals surface area contributed by atoms with Crippen LogP contribution in [0.25, 0.3) is 0 Å². The second kappa shape index (κ2) is 7.02. The van der Waals surface area contributed by atoms with Crippen molar-refractivity contribution in [2.24, 2.45) is 0 Å². The van der Waals surface area contributed by atoms with E-state index in [9.17, 15) is 9.59 Å². The summed E-state index contributed by atoms with van der Waals surface area (Å²) in [5, 5.41) is 0. The van der Waals surface area contributed by atoms with Gasteiger partial charge in [-0.05, 0) is 11.1 Å². The van der Waals surface area contributed by atoms with E-state index in [1.54, 1.807) is 0 Å². The summed E-state index contributed by atoms with van der Waals surface area (Å²) in [5.41, 5.74) is 0.800. The Labute approximate surface area is 153 Å². The van der Waals surface area contributed by atoms with Gasteiger partial charge in [0, 0.05) is 19.5 Å². The molecule has 2 saturated heterocycles. The van der Waals surface area contributed by atoms with Gasteiger partial charge in [-0.25, -0.2) is 0 Å². The van der Waals surface area contributed by atoms with E-state index in [0.717, 1.165) is 24.2 Å². The van der Waals surface area contributed by atoms with Crippen molar-refractivity contribution >= 4 is 11.8 Å². The third kappa shape index (κ3) is 2.83. The van der Waals surface area contributed by atoms with Crippen molar-refractivity contribution in [1.82, 2.24) is 9.80 Å². The standard InChI is InChI=1S/C21H22N2O3/c24-19-15-21(17-7-3-1-4-8-17,18-9-5-2-6-10-18)20(25)23(19)16-22-11-13-26-14-12-22/h1-10H,11-16H2. The minimum Gasteiger partial charge on any atom is -0.379 e. The molecule has 0 N–H and O–H groups in total. The lowest BCUT2D eigenvalue weighted by atomic mass is 9.73. The number of morpholine rings is 1. The van der Waals surface area contributed by atoms with Crippen LogP contribution in [0.1, 0.15) is 17.5 Å². The number of amides is 2. The number of hydrogen-bond donors (Lipinski definition) is 0. The summed E-state index contributed by atoms with van der Waals surface area (Å²) in [6.07, 6.45) is 0.171. The number of imide groups is 1. The van der Waals surface area contributed by atoms with Gasteiger partial charge in [-0.15, -0.1) is 0 Å². The smallest absolute Gasteiger partial charge is 0.245 e. The molecule has 0 aromatic heterocycles. The van der Waals surface area contributed by atoms with Gasteiger partial charge in [0.25, 0.3) is 0 Å². The summed E-state index contributed by atoms with van der Waals surface area (Å²) in [5.74, 6) is -0.249. The van der Waals surface area contributed by atoms with Gasteiger partial charge in [0.2, 0.25) is 11.8 Å². The van der Waals surface area contributed by atoms with Crippen LogP contribution < -0.4 is 0 Å². The van der Waals surface area contributed by atoms with E-state index in [1.807, 2.05) is 60.7 Å². The quantitative estimate of drug-likeness (QED) is 0.792. The highest BCUT2D eigenvalue weighted by atomic mass is 16.5. The van der Waals surface area contributed by atoms with E-state index in [4.69, 9.17) is 4.74 Å². The monoisotopic (exact) mass is 350 g/mol. The molecule has 2 aliphatic heterocycles. The zero-order valence-electron chi connectivity index (χ0n) is 14.6.